The Kier molecular flexibility index (Phi) is 3.97. The van der Waals surface area contributed by atoms with Crippen LogP contribution in [0.5, 0.6) is 0 Å². The summed E-state index contributed by atoms with van der Waals surface area (Å²) in [6, 6.07) is 5.15. The van der Waals surface area contributed by atoms with Gasteiger partial charge in [-0.25, -0.2) is 4.39 Å². The third-order valence-corrected chi connectivity index (χ3v) is 3.41. The minimum absolute atomic E-state index is 0.178. The maximum Gasteiger partial charge on any atom is 0.146 e. The number of nitrogen functional groups attached to an aromatic ring is 1. The Bertz CT molecular complexity index is 384. The predicted octanol–water partition coefficient (Wildman–Crippen LogP) is 1.75. The Hall–Kier alpha value is -1.13. The average Bonchev–Trinajstić information content (AvgIpc) is 2.34. The standard InChI is InChI=1S/C13H19FN2O/c14-12-7-10(4-5-13(12)15)8-16-6-2-1-3-11(16)9-17/h4-5,7,11,17H,1-3,6,8-9,15H2. The van der Waals surface area contributed by atoms with E-state index >= 15 is 0 Å². The third kappa shape index (κ3) is 2.96. The smallest absolute Gasteiger partial charge is 0.146 e. The fourth-order valence-electron chi connectivity index (χ4n) is 2.38. The molecule has 1 aromatic carbocycles. The van der Waals surface area contributed by atoms with Crippen LogP contribution in [0, 0.1) is 5.82 Å². The summed E-state index contributed by atoms with van der Waals surface area (Å²) in [5.41, 5.74) is 6.55. The Morgan fingerprint density at radius 1 is 1.41 bits per heavy atom. The van der Waals surface area contributed by atoms with E-state index in [1.165, 1.54) is 6.07 Å². The first-order valence-corrected chi connectivity index (χ1v) is 6.09. The molecule has 1 saturated heterocycles. The minimum atomic E-state index is -0.361. The molecule has 1 heterocycles. The lowest BCUT2D eigenvalue weighted by Crippen LogP contribution is -2.41. The van der Waals surface area contributed by atoms with Crippen molar-refractivity contribution in [2.45, 2.75) is 31.8 Å². The molecule has 94 valence electrons. The molecule has 2 rings (SSSR count). The fraction of sp³-hybridized carbons (Fsp3) is 0.538. The van der Waals surface area contributed by atoms with Gasteiger partial charge in [0.15, 0.2) is 0 Å². The van der Waals surface area contributed by atoms with Crippen LogP contribution < -0.4 is 5.73 Å². The van der Waals surface area contributed by atoms with Crippen molar-refractivity contribution in [1.29, 1.82) is 0 Å². The maximum atomic E-state index is 13.3. The van der Waals surface area contributed by atoms with Crippen LogP contribution in [-0.4, -0.2) is 29.2 Å². The first-order valence-electron chi connectivity index (χ1n) is 6.09. The zero-order chi connectivity index (χ0) is 12.3. The van der Waals surface area contributed by atoms with Crippen molar-refractivity contribution in [3.8, 4) is 0 Å². The summed E-state index contributed by atoms with van der Waals surface area (Å²) in [5.74, 6) is -0.361. The van der Waals surface area contributed by atoms with Crippen LogP contribution in [0.1, 0.15) is 24.8 Å². The van der Waals surface area contributed by atoms with Gasteiger partial charge in [0.25, 0.3) is 0 Å². The van der Waals surface area contributed by atoms with Gasteiger partial charge in [0.2, 0.25) is 0 Å². The summed E-state index contributed by atoms with van der Waals surface area (Å²) in [7, 11) is 0. The van der Waals surface area contributed by atoms with Gasteiger partial charge in [-0.3, -0.25) is 4.90 Å². The molecule has 0 radical (unpaired) electrons. The number of nitrogens with two attached hydrogens (primary N) is 1. The summed E-state index contributed by atoms with van der Waals surface area (Å²) in [6.07, 6.45) is 3.33. The summed E-state index contributed by atoms with van der Waals surface area (Å²) < 4.78 is 13.3. The van der Waals surface area contributed by atoms with Gasteiger partial charge in [0.05, 0.1) is 12.3 Å². The van der Waals surface area contributed by atoms with E-state index in [0.717, 1.165) is 31.4 Å². The van der Waals surface area contributed by atoms with Gasteiger partial charge in [-0.2, -0.15) is 0 Å². The highest BCUT2D eigenvalue weighted by atomic mass is 19.1. The zero-order valence-corrected chi connectivity index (χ0v) is 9.90. The lowest BCUT2D eigenvalue weighted by molar-refractivity contribution is 0.0840. The maximum absolute atomic E-state index is 13.3. The van der Waals surface area contributed by atoms with Crippen LogP contribution in [0.25, 0.3) is 0 Å². The van der Waals surface area contributed by atoms with Crippen LogP contribution in [0.2, 0.25) is 0 Å². The molecule has 1 unspecified atom stereocenters. The molecule has 1 aromatic rings. The fourth-order valence-corrected chi connectivity index (χ4v) is 2.38. The number of likely N-dealkylation sites (tertiary alicyclic amines) is 1. The molecule has 0 aromatic heterocycles. The SMILES string of the molecule is Nc1ccc(CN2CCCCC2CO)cc1F. The molecule has 0 spiro atoms. The highest BCUT2D eigenvalue weighted by molar-refractivity contribution is 5.41. The van der Waals surface area contributed by atoms with Crippen LogP contribution in [-0.2, 0) is 6.54 Å². The molecular weight excluding hydrogens is 219 g/mol. The van der Waals surface area contributed by atoms with E-state index in [-0.39, 0.29) is 24.2 Å². The van der Waals surface area contributed by atoms with Crippen molar-refractivity contribution < 1.29 is 9.50 Å². The number of aliphatic hydroxyl groups is 1. The quantitative estimate of drug-likeness (QED) is 0.789. The second-order valence-corrected chi connectivity index (χ2v) is 4.66. The van der Waals surface area contributed by atoms with E-state index in [2.05, 4.69) is 4.90 Å². The molecule has 4 heteroatoms. The normalized spacial score (nSPS) is 21.6. The van der Waals surface area contributed by atoms with E-state index in [0.29, 0.717) is 6.54 Å². The number of aliphatic hydroxyl groups excluding tert-OH is 1. The third-order valence-electron chi connectivity index (χ3n) is 3.41. The van der Waals surface area contributed by atoms with Gasteiger partial charge in [-0.1, -0.05) is 12.5 Å². The Morgan fingerprint density at radius 2 is 2.24 bits per heavy atom. The molecule has 3 N–H and O–H groups in total. The lowest BCUT2D eigenvalue weighted by atomic mass is 10.0. The first-order chi connectivity index (χ1) is 8.20. The second kappa shape index (κ2) is 5.47. The number of halogens is 1. The number of nitrogens with zero attached hydrogens (tertiary/aromatic N) is 1. The topological polar surface area (TPSA) is 49.5 Å². The van der Waals surface area contributed by atoms with Crippen LogP contribution >= 0.6 is 0 Å². The summed E-state index contributed by atoms with van der Waals surface area (Å²) >= 11 is 0. The molecule has 0 aliphatic carbocycles. The zero-order valence-electron chi connectivity index (χ0n) is 9.90. The Balaban J connectivity index is 2.05. The summed E-state index contributed by atoms with van der Waals surface area (Å²) in [4.78, 5) is 2.22. The number of hydrogen-bond donors (Lipinski definition) is 2. The van der Waals surface area contributed by atoms with E-state index in [1.54, 1.807) is 6.07 Å². The number of anilines is 1. The van der Waals surface area contributed by atoms with Gasteiger partial charge in [-0.05, 0) is 37.1 Å². The monoisotopic (exact) mass is 238 g/mol. The van der Waals surface area contributed by atoms with Gasteiger partial charge in [0.1, 0.15) is 5.82 Å². The van der Waals surface area contributed by atoms with E-state index in [4.69, 9.17) is 5.73 Å². The van der Waals surface area contributed by atoms with Crippen molar-refractivity contribution >= 4 is 5.69 Å². The Labute approximate surface area is 101 Å². The molecule has 0 amide bonds. The van der Waals surface area contributed by atoms with Gasteiger partial charge in [0, 0.05) is 12.6 Å². The molecule has 1 fully saturated rings. The molecule has 0 saturated carbocycles. The first kappa shape index (κ1) is 12.3. The van der Waals surface area contributed by atoms with Gasteiger partial charge in [-0.15, -0.1) is 0 Å². The van der Waals surface area contributed by atoms with Gasteiger partial charge >= 0.3 is 0 Å². The molecule has 0 bridgehead atoms. The largest absolute Gasteiger partial charge is 0.396 e. The van der Waals surface area contributed by atoms with Crippen molar-refractivity contribution in [2.75, 3.05) is 18.9 Å². The van der Waals surface area contributed by atoms with Crippen LogP contribution in [0.15, 0.2) is 18.2 Å². The van der Waals surface area contributed by atoms with Gasteiger partial charge < -0.3 is 10.8 Å². The van der Waals surface area contributed by atoms with Crippen LogP contribution in [0.3, 0.4) is 0 Å². The van der Waals surface area contributed by atoms with Crippen molar-refractivity contribution in [3.63, 3.8) is 0 Å². The molecule has 17 heavy (non-hydrogen) atoms. The number of hydrogen-bond acceptors (Lipinski definition) is 3. The molecule has 1 aliphatic heterocycles. The lowest BCUT2D eigenvalue weighted by Gasteiger charge is -2.34. The molecule has 1 atom stereocenters. The molecule has 3 nitrogen and oxygen atoms in total. The molecule has 1 aliphatic rings. The van der Waals surface area contributed by atoms with Crippen molar-refractivity contribution in [3.05, 3.63) is 29.6 Å². The number of benzene rings is 1. The summed E-state index contributed by atoms with van der Waals surface area (Å²) in [5, 5.41) is 9.30. The van der Waals surface area contributed by atoms with Crippen molar-refractivity contribution in [1.82, 2.24) is 4.90 Å². The second-order valence-electron chi connectivity index (χ2n) is 4.66. The molecular formula is C13H19FN2O. The van der Waals surface area contributed by atoms with E-state index < -0.39 is 0 Å². The Morgan fingerprint density at radius 3 is 2.94 bits per heavy atom. The van der Waals surface area contributed by atoms with Crippen LogP contribution in [0.4, 0.5) is 10.1 Å². The number of piperidine rings is 1. The number of rotatable bonds is 3. The summed E-state index contributed by atoms with van der Waals surface area (Å²) in [6.45, 7) is 1.83. The van der Waals surface area contributed by atoms with E-state index in [1.807, 2.05) is 6.07 Å². The average molecular weight is 238 g/mol. The highest BCUT2D eigenvalue weighted by Crippen LogP contribution is 2.20. The minimum Gasteiger partial charge on any atom is -0.396 e. The predicted molar refractivity (Wildman–Crippen MR) is 65.9 cm³/mol. The highest BCUT2D eigenvalue weighted by Gasteiger charge is 2.21. The van der Waals surface area contributed by atoms with Crippen molar-refractivity contribution in [2.24, 2.45) is 0 Å². The van der Waals surface area contributed by atoms with E-state index in [9.17, 15) is 9.50 Å².